The molecule has 1 N–H and O–H groups in total. The number of nitro groups is 1. The molecule has 2 amide bonds. The van der Waals surface area contributed by atoms with Crippen molar-refractivity contribution in [1.82, 2.24) is 25.1 Å². The number of carbonyl (C=O) groups excluding carboxylic acids is 2. The van der Waals surface area contributed by atoms with Crippen LogP contribution in [0.5, 0.6) is 0 Å². The van der Waals surface area contributed by atoms with Crippen LogP contribution >= 0.6 is 11.8 Å². The molecule has 0 spiro atoms. The van der Waals surface area contributed by atoms with E-state index in [9.17, 15) is 19.7 Å². The molecule has 0 radical (unpaired) electrons. The molecule has 0 saturated carbocycles. The molecule has 0 aliphatic carbocycles. The van der Waals surface area contributed by atoms with Crippen LogP contribution in [-0.4, -0.2) is 74.3 Å². The summed E-state index contributed by atoms with van der Waals surface area (Å²) in [6.45, 7) is 3.45. The number of thioether (sulfide) groups is 1. The highest BCUT2D eigenvalue weighted by atomic mass is 32.2. The van der Waals surface area contributed by atoms with Gasteiger partial charge in [-0.05, 0) is 47.0 Å². The van der Waals surface area contributed by atoms with E-state index in [-0.39, 0.29) is 17.2 Å². The zero-order valence-corrected chi connectivity index (χ0v) is 19.4. The first-order valence-electron chi connectivity index (χ1n) is 10.4. The van der Waals surface area contributed by atoms with Crippen LogP contribution in [0.1, 0.15) is 17.3 Å². The number of rotatable bonds is 6. The number of nitro benzene ring substituents is 1. The maximum atomic E-state index is 12.9. The van der Waals surface area contributed by atoms with E-state index in [4.69, 9.17) is 0 Å². The topological polar surface area (TPSA) is 139 Å². The molecule has 3 aromatic rings. The molecule has 12 nitrogen and oxygen atoms in total. The van der Waals surface area contributed by atoms with Crippen LogP contribution in [0.3, 0.4) is 0 Å². The normalized spacial score (nSPS) is 13.6. The zero-order valence-electron chi connectivity index (χ0n) is 18.5. The van der Waals surface area contributed by atoms with Gasteiger partial charge in [0.25, 0.3) is 11.6 Å². The van der Waals surface area contributed by atoms with Crippen molar-refractivity contribution in [1.29, 1.82) is 0 Å². The van der Waals surface area contributed by atoms with Crippen LogP contribution < -0.4 is 10.2 Å². The molecule has 34 heavy (non-hydrogen) atoms. The lowest BCUT2D eigenvalue weighted by molar-refractivity contribution is -0.384. The highest BCUT2D eigenvalue weighted by Gasteiger charge is 2.26. The van der Waals surface area contributed by atoms with Gasteiger partial charge in [-0.1, -0.05) is 17.8 Å². The van der Waals surface area contributed by atoms with Crippen LogP contribution in [0, 0.1) is 10.1 Å². The summed E-state index contributed by atoms with van der Waals surface area (Å²) in [5, 5.41) is 26.7. The Labute approximate surface area is 199 Å². The quantitative estimate of drug-likeness (QED) is 0.318. The average molecular weight is 483 g/mol. The van der Waals surface area contributed by atoms with E-state index in [0.717, 1.165) is 0 Å². The second-order valence-corrected chi connectivity index (χ2v) is 8.31. The van der Waals surface area contributed by atoms with Gasteiger partial charge >= 0.3 is 0 Å². The second kappa shape index (κ2) is 9.87. The largest absolute Gasteiger partial charge is 0.362 e. The summed E-state index contributed by atoms with van der Waals surface area (Å²) in [6.07, 6.45) is 1.85. The number of hydrogen-bond donors (Lipinski definition) is 1. The third kappa shape index (κ3) is 4.83. The van der Waals surface area contributed by atoms with Crippen molar-refractivity contribution < 1.29 is 14.5 Å². The number of hydrogen-bond acceptors (Lipinski definition) is 9. The van der Waals surface area contributed by atoms with Crippen LogP contribution in [0.2, 0.25) is 0 Å². The maximum absolute atomic E-state index is 12.9. The van der Waals surface area contributed by atoms with Crippen molar-refractivity contribution in [3.63, 3.8) is 0 Å². The Morgan fingerprint density at radius 3 is 2.56 bits per heavy atom. The van der Waals surface area contributed by atoms with Crippen molar-refractivity contribution in [3.05, 3.63) is 58.1 Å². The SMILES string of the molecule is CSc1nnnn1-c1cccc(NC(=O)c2ccc(N3CCN(C(C)=O)CC3)c([N+](=O)[O-])c2)c1. The fourth-order valence-electron chi connectivity index (χ4n) is 3.73. The van der Waals surface area contributed by atoms with Crippen molar-refractivity contribution >= 4 is 40.6 Å². The van der Waals surface area contributed by atoms with Gasteiger partial charge in [0.05, 0.1) is 10.6 Å². The maximum Gasteiger partial charge on any atom is 0.293 e. The van der Waals surface area contributed by atoms with Gasteiger partial charge in [-0.25, -0.2) is 0 Å². The molecular weight excluding hydrogens is 460 g/mol. The molecule has 2 heterocycles. The van der Waals surface area contributed by atoms with Gasteiger partial charge in [-0.3, -0.25) is 19.7 Å². The smallest absolute Gasteiger partial charge is 0.293 e. The Bertz CT molecular complexity index is 1240. The number of nitrogens with one attached hydrogen (secondary N) is 1. The summed E-state index contributed by atoms with van der Waals surface area (Å²) >= 11 is 1.38. The summed E-state index contributed by atoms with van der Waals surface area (Å²) in [6, 6.07) is 11.4. The molecule has 13 heteroatoms. The fourth-order valence-corrected chi connectivity index (χ4v) is 4.16. The molecule has 1 fully saturated rings. The van der Waals surface area contributed by atoms with Crippen molar-refractivity contribution in [2.24, 2.45) is 0 Å². The fraction of sp³-hybridized carbons (Fsp3) is 0.286. The summed E-state index contributed by atoms with van der Waals surface area (Å²) < 4.78 is 1.55. The number of piperazine rings is 1. The number of carbonyl (C=O) groups is 2. The Balaban J connectivity index is 1.53. The molecule has 0 unspecified atom stereocenters. The van der Waals surface area contributed by atoms with Gasteiger partial charge in [0.1, 0.15) is 5.69 Å². The predicted octanol–water partition coefficient (Wildman–Crippen LogP) is 2.21. The van der Waals surface area contributed by atoms with E-state index < -0.39 is 10.8 Å². The molecule has 0 atom stereocenters. The number of benzene rings is 2. The number of nitrogens with zero attached hydrogens (tertiary/aromatic N) is 7. The van der Waals surface area contributed by atoms with Gasteiger partial charge in [-0.2, -0.15) is 4.68 Å². The van der Waals surface area contributed by atoms with Crippen molar-refractivity contribution in [2.75, 3.05) is 42.7 Å². The highest BCUT2D eigenvalue weighted by Crippen LogP contribution is 2.30. The Kier molecular flexibility index (Phi) is 6.72. The Morgan fingerprint density at radius 2 is 1.88 bits per heavy atom. The molecule has 1 aromatic heterocycles. The number of anilines is 2. The lowest BCUT2D eigenvalue weighted by Gasteiger charge is -2.35. The molecular formula is C21H22N8O4S. The molecule has 2 aromatic carbocycles. The first-order chi connectivity index (χ1) is 16.4. The standard InChI is InChI=1S/C21H22N8O4S/c1-14(30)26-8-10-27(11-9-26)18-7-6-15(12-19(18)29(32)33)20(31)22-16-4-3-5-17(13-16)28-21(34-2)23-24-25-28/h3-7,12-13H,8-11H2,1-2H3,(H,22,31). The lowest BCUT2D eigenvalue weighted by Crippen LogP contribution is -2.48. The average Bonchev–Trinajstić information content (AvgIpc) is 3.33. The minimum absolute atomic E-state index is 0.0185. The monoisotopic (exact) mass is 482 g/mol. The Hall–Kier alpha value is -4.00. The summed E-state index contributed by atoms with van der Waals surface area (Å²) in [4.78, 5) is 39.3. The number of tetrazole rings is 1. The minimum Gasteiger partial charge on any atom is -0.362 e. The van der Waals surface area contributed by atoms with Crippen LogP contribution in [0.4, 0.5) is 17.1 Å². The lowest BCUT2D eigenvalue weighted by atomic mass is 10.1. The van der Waals surface area contributed by atoms with Gasteiger partial charge in [0.2, 0.25) is 11.1 Å². The van der Waals surface area contributed by atoms with E-state index in [2.05, 4.69) is 20.8 Å². The van der Waals surface area contributed by atoms with Crippen LogP contribution in [0.25, 0.3) is 5.69 Å². The molecule has 1 saturated heterocycles. The molecule has 0 bridgehead atoms. The van der Waals surface area contributed by atoms with Gasteiger partial charge in [-0.15, -0.1) is 5.10 Å². The minimum atomic E-state index is -0.494. The van der Waals surface area contributed by atoms with E-state index in [1.807, 2.05) is 11.2 Å². The van der Waals surface area contributed by atoms with E-state index >= 15 is 0 Å². The van der Waals surface area contributed by atoms with Crippen molar-refractivity contribution in [2.45, 2.75) is 12.1 Å². The highest BCUT2D eigenvalue weighted by molar-refractivity contribution is 7.98. The molecule has 176 valence electrons. The zero-order chi connectivity index (χ0) is 24.2. The first kappa shape index (κ1) is 23.2. The summed E-state index contributed by atoms with van der Waals surface area (Å²) in [5.74, 6) is -0.495. The van der Waals surface area contributed by atoms with Crippen LogP contribution in [0.15, 0.2) is 47.6 Å². The number of aromatic nitrogens is 4. The molecule has 1 aliphatic rings. The van der Waals surface area contributed by atoms with Gasteiger partial charge in [0, 0.05) is 50.4 Å². The van der Waals surface area contributed by atoms with Crippen LogP contribution in [-0.2, 0) is 4.79 Å². The second-order valence-electron chi connectivity index (χ2n) is 7.54. The third-order valence-electron chi connectivity index (χ3n) is 5.47. The van der Waals surface area contributed by atoms with Gasteiger partial charge in [0.15, 0.2) is 0 Å². The van der Waals surface area contributed by atoms with E-state index in [1.165, 1.54) is 24.8 Å². The third-order valence-corrected chi connectivity index (χ3v) is 6.09. The number of amides is 2. The van der Waals surface area contributed by atoms with Crippen molar-refractivity contribution in [3.8, 4) is 5.69 Å². The molecule has 1 aliphatic heterocycles. The molecule has 4 rings (SSSR count). The summed E-state index contributed by atoms with van der Waals surface area (Å²) in [5.41, 5.74) is 1.59. The van der Waals surface area contributed by atoms with E-state index in [1.54, 1.807) is 46.0 Å². The van der Waals surface area contributed by atoms with E-state index in [0.29, 0.717) is 48.4 Å². The van der Waals surface area contributed by atoms with Gasteiger partial charge < -0.3 is 15.1 Å². The first-order valence-corrected chi connectivity index (χ1v) is 11.6. The Morgan fingerprint density at radius 1 is 1.12 bits per heavy atom. The predicted molar refractivity (Wildman–Crippen MR) is 126 cm³/mol. The summed E-state index contributed by atoms with van der Waals surface area (Å²) in [7, 11) is 0.